The molecule has 0 unspecified atom stereocenters. The first-order valence-electron chi connectivity index (χ1n) is 6.32. The van der Waals surface area contributed by atoms with Crippen molar-refractivity contribution >= 4 is 15.9 Å². The molecule has 1 fully saturated rings. The number of nitrogens with zero attached hydrogens (tertiary/aromatic N) is 1. The summed E-state index contributed by atoms with van der Waals surface area (Å²) in [5.74, 6) is -0.140. The highest BCUT2D eigenvalue weighted by Crippen LogP contribution is 2.30. The van der Waals surface area contributed by atoms with Gasteiger partial charge in [0.2, 0.25) is 0 Å². The summed E-state index contributed by atoms with van der Waals surface area (Å²) in [7, 11) is 0. The van der Waals surface area contributed by atoms with Crippen LogP contribution in [0.25, 0.3) is 0 Å². The zero-order chi connectivity index (χ0) is 13.3. The van der Waals surface area contributed by atoms with Crippen molar-refractivity contribution in [2.75, 3.05) is 6.54 Å². The first-order valence-corrected chi connectivity index (χ1v) is 7.11. The van der Waals surface area contributed by atoms with Crippen LogP contribution in [-0.2, 0) is 6.54 Å². The number of hydrogen-bond acceptors (Lipinski definition) is 2. The highest BCUT2D eigenvalue weighted by Gasteiger charge is 2.32. The molecule has 0 spiro atoms. The summed E-state index contributed by atoms with van der Waals surface area (Å²) in [6.45, 7) is 5.46. The summed E-state index contributed by atoms with van der Waals surface area (Å²) in [4.78, 5) is 2.30. The lowest BCUT2D eigenvalue weighted by Gasteiger charge is -2.30. The van der Waals surface area contributed by atoms with Gasteiger partial charge < -0.3 is 5.73 Å². The summed E-state index contributed by atoms with van der Waals surface area (Å²) in [5, 5.41) is 0. The van der Waals surface area contributed by atoms with Gasteiger partial charge in [-0.1, -0.05) is 15.9 Å². The number of rotatable bonds is 5. The normalized spacial score (nSPS) is 16.3. The molecule has 0 aliphatic heterocycles. The Bertz CT molecular complexity index is 424. The van der Waals surface area contributed by atoms with Crippen LogP contribution in [0.2, 0.25) is 0 Å². The fourth-order valence-electron chi connectivity index (χ4n) is 2.16. The summed E-state index contributed by atoms with van der Waals surface area (Å²) in [6.07, 6.45) is 2.40. The highest BCUT2D eigenvalue weighted by molar-refractivity contribution is 9.10. The van der Waals surface area contributed by atoms with Crippen molar-refractivity contribution in [3.8, 4) is 0 Å². The SMILES string of the molecule is CC(C)(N)CN(Cc1cc(Br)ccc1F)C1CC1. The summed E-state index contributed by atoms with van der Waals surface area (Å²) in [5.41, 5.74) is 6.57. The van der Waals surface area contributed by atoms with Gasteiger partial charge in [0.05, 0.1) is 0 Å². The molecule has 4 heteroatoms. The van der Waals surface area contributed by atoms with Crippen LogP contribution in [0.15, 0.2) is 22.7 Å². The molecule has 0 atom stereocenters. The maximum atomic E-state index is 13.8. The second-order valence-electron chi connectivity index (χ2n) is 5.86. The zero-order valence-corrected chi connectivity index (χ0v) is 12.5. The van der Waals surface area contributed by atoms with Gasteiger partial charge in [0.25, 0.3) is 0 Å². The van der Waals surface area contributed by atoms with Crippen LogP contribution in [-0.4, -0.2) is 23.0 Å². The van der Waals surface area contributed by atoms with Crippen molar-refractivity contribution in [1.29, 1.82) is 0 Å². The molecule has 1 saturated carbocycles. The van der Waals surface area contributed by atoms with Crippen LogP contribution in [0.5, 0.6) is 0 Å². The minimum absolute atomic E-state index is 0.140. The Hall–Kier alpha value is -0.450. The van der Waals surface area contributed by atoms with Gasteiger partial charge in [-0.2, -0.15) is 0 Å². The van der Waals surface area contributed by atoms with E-state index in [1.165, 1.54) is 18.9 Å². The Balaban J connectivity index is 2.11. The standard InChI is InChI=1S/C14H20BrFN2/c1-14(2,17)9-18(12-4-5-12)8-10-7-11(15)3-6-13(10)16/h3,6-7,12H,4-5,8-9,17H2,1-2H3. The second kappa shape index (κ2) is 5.27. The molecule has 2 rings (SSSR count). The van der Waals surface area contributed by atoms with E-state index >= 15 is 0 Å². The van der Waals surface area contributed by atoms with Gasteiger partial charge in [0, 0.05) is 34.7 Å². The molecular formula is C14H20BrFN2. The summed E-state index contributed by atoms with van der Waals surface area (Å²) < 4.78 is 14.7. The van der Waals surface area contributed by atoms with Crippen LogP contribution < -0.4 is 5.73 Å². The van der Waals surface area contributed by atoms with Gasteiger partial charge in [0.1, 0.15) is 5.82 Å². The van der Waals surface area contributed by atoms with E-state index in [0.717, 1.165) is 16.6 Å². The Morgan fingerprint density at radius 1 is 1.44 bits per heavy atom. The molecular weight excluding hydrogens is 295 g/mol. The minimum Gasteiger partial charge on any atom is -0.324 e. The molecule has 0 heterocycles. The average Bonchev–Trinajstić information content (AvgIpc) is 3.04. The quantitative estimate of drug-likeness (QED) is 0.903. The molecule has 0 bridgehead atoms. The molecule has 0 aromatic heterocycles. The van der Waals surface area contributed by atoms with Crippen molar-refractivity contribution < 1.29 is 4.39 Å². The lowest BCUT2D eigenvalue weighted by Crippen LogP contribution is -2.46. The Morgan fingerprint density at radius 3 is 2.67 bits per heavy atom. The molecule has 0 saturated heterocycles. The smallest absolute Gasteiger partial charge is 0.127 e. The molecule has 100 valence electrons. The summed E-state index contributed by atoms with van der Waals surface area (Å²) >= 11 is 3.39. The van der Waals surface area contributed by atoms with E-state index in [-0.39, 0.29) is 11.4 Å². The lowest BCUT2D eigenvalue weighted by atomic mass is 10.1. The monoisotopic (exact) mass is 314 g/mol. The predicted molar refractivity (Wildman–Crippen MR) is 75.8 cm³/mol. The second-order valence-corrected chi connectivity index (χ2v) is 6.78. The van der Waals surface area contributed by atoms with E-state index in [0.29, 0.717) is 12.6 Å². The van der Waals surface area contributed by atoms with Crippen molar-refractivity contribution in [2.45, 2.75) is 44.8 Å². The van der Waals surface area contributed by atoms with Crippen molar-refractivity contribution in [2.24, 2.45) is 5.73 Å². The third kappa shape index (κ3) is 4.04. The first-order chi connectivity index (χ1) is 8.35. The van der Waals surface area contributed by atoms with Crippen LogP contribution in [0.1, 0.15) is 32.3 Å². The van der Waals surface area contributed by atoms with Gasteiger partial charge >= 0.3 is 0 Å². The topological polar surface area (TPSA) is 29.3 Å². The van der Waals surface area contributed by atoms with Gasteiger partial charge in [-0.05, 0) is 44.9 Å². The van der Waals surface area contributed by atoms with Crippen LogP contribution in [0.3, 0.4) is 0 Å². The lowest BCUT2D eigenvalue weighted by molar-refractivity contribution is 0.206. The molecule has 2 N–H and O–H groups in total. The fourth-order valence-corrected chi connectivity index (χ4v) is 2.57. The molecule has 1 aliphatic rings. The first kappa shape index (κ1) is 14.0. The van der Waals surface area contributed by atoms with E-state index in [4.69, 9.17) is 5.73 Å². The van der Waals surface area contributed by atoms with E-state index in [1.807, 2.05) is 19.9 Å². The highest BCUT2D eigenvalue weighted by atomic mass is 79.9. The number of hydrogen-bond donors (Lipinski definition) is 1. The average molecular weight is 315 g/mol. The number of nitrogens with two attached hydrogens (primary N) is 1. The van der Waals surface area contributed by atoms with E-state index in [9.17, 15) is 4.39 Å². The van der Waals surface area contributed by atoms with Crippen molar-refractivity contribution in [3.05, 3.63) is 34.1 Å². The van der Waals surface area contributed by atoms with Crippen LogP contribution in [0, 0.1) is 5.82 Å². The summed E-state index contributed by atoms with van der Waals surface area (Å²) in [6, 6.07) is 5.67. The van der Waals surface area contributed by atoms with Crippen LogP contribution >= 0.6 is 15.9 Å². The molecule has 0 radical (unpaired) electrons. The molecule has 1 aromatic carbocycles. The van der Waals surface area contributed by atoms with E-state index < -0.39 is 0 Å². The molecule has 0 amide bonds. The largest absolute Gasteiger partial charge is 0.324 e. The molecule has 1 aliphatic carbocycles. The van der Waals surface area contributed by atoms with Gasteiger partial charge in [-0.3, -0.25) is 4.90 Å². The number of halogens is 2. The molecule has 2 nitrogen and oxygen atoms in total. The minimum atomic E-state index is -0.245. The van der Waals surface area contributed by atoms with Crippen molar-refractivity contribution in [1.82, 2.24) is 4.90 Å². The Morgan fingerprint density at radius 2 is 2.11 bits per heavy atom. The Labute approximate surface area is 116 Å². The maximum Gasteiger partial charge on any atom is 0.127 e. The third-order valence-electron chi connectivity index (χ3n) is 3.06. The third-order valence-corrected chi connectivity index (χ3v) is 3.55. The molecule has 18 heavy (non-hydrogen) atoms. The van der Waals surface area contributed by atoms with Crippen LogP contribution in [0.4, 0.5) is 4.39 Å². The van der Waals surface area contributed by atoms with Gasteiger partial charge in [-0.25, -0.2) is 4.39 Å². The van der Waals surface area contributed by atoms with E-state index in [1.54, 1.807) is 6.07 Å². The Kier molecular flexibility index (Phi) is 4.09. The van der Waals surface area contributed by atoms with E-state index in [2.05, 4.69) is 20.8 Å². The van der Waals surface area contributed by atoms with Crippen molar-refractivity contribution in [3.63, 3.8) is 0 Å². The predicted octanol–water partition coefficient (Wildman–Crippen LogP) is 3.29. The number of benzene rings is 1. The maximum absolute atomic E-state index is 13.8. The van der Waals surface area contributed by atoms with Gasteiger partial charge in [-0.15, -0.1) is 0 Å². The molecule has 1 aromatic rings. The fraction of sp³-hybridized carbons (Fsp3) is 0.571. The zero-order valence-electron chi connectivity index (χ0n) is 10.9. The van der Waals surface area contributed by atoms with Gasteiger partial charge in [0.15, 0.2) is 0 Å².